The molecule has 0 atom stereocenters. The van der Waals surface area contributed by atoms with E-state index in [2.05, 4.69) is 9.71 Å². The van der Waals surface area contributed by atoms with Crippen LogP contribution >= 0.6 is 11.6 Å². The van der Waals surface area contributed by atoms with E-state index in [-0.39, 0.29) is 21.9 Å². The topological polar surface area (TPSA) is 65.8 Å². The van der Waals surface area contributed by atoms with Crippen LogP contribution in [0.1, 0.15) is 12.0 Å². The highest BCUT2D eigenvalue weighted by Crippen LogP contribution is 2.19. The first-order valence-corrected chi connectivity index (χ1v) is 8.13. The second-order valence-electron chi connectivity index (χ2n) is 4.51. The lowest BCUT2D eigenvalue weighted by Crippen LogP contribution is -3.00. The lowest BCUT2D eigenvalue weighted by atomic mass is 10.2. The number of rotatable bonds is 6. The molecule has 8 heteroatoms. The van der Waals surface area contributed by atoms with E-state index in [0.717, 1.165) is 12.1 Å². The fourth-order valence-electron chi connectivity index (χ4n) is 1.80. The SMILES string of the molecule is Cc1cc(S(=O)(=O)NCCC[n+]2cc[nH]c2)ccc1Cl.[Br-]. The Hall–Kier alpha value is -0.890. The van der Waals surface area contributed by atoms with Gasteiger partial charge < -0.3 is 17.0 Å². The maximum absolute atomic E-state index is 12.1. The molecule has 0 bridgehead atoms. The molecule has 1 heterocycles. The molecule has 0 unspecified atom stereocenters. The summed E-state index contributed by atoms with van der Waals surface area (Å²) in [6.07, 6.45) is 6.27. The fraction of sp³-hybridized carbons (Fsp3) is 0.308. The molecule has 0 aliphatic carbocycles. The Morgan fingerprint density at radius 2 is 2.14 bits per heavy atom. The summed E-state index contributed by atoms with van der Waals surface area (Å²) in [5, 5.41) is 0.563. The molecule has 0 saturated heterocycles. The van der Waals surface area contributed by atoms with Crippen molar-refractivity contribution >= 4 is 21.6 Å². The van der Waals surface area contributed by atoms with Gasteiger partial charge in [-0.05, 0) is 37.1 Å². The molecule has 0 fully saturated rings. The summed E-state index contributed by atoms with van der Waals surface area (Å²) in [6, 6.07) is 4.69. The first-order valence-electron chi connectivity index (χ1n) is 6.27. The van der Waals surface area contributed by atoms with Crippen molar-refractivity contribution in [3.8, 4) is 0 Å². The lowest BCUT2D eigenvalue weighted by molar-refractivity contribution is -0.695. The first kappa shape index (κ1) is 18.2. The van der Waals surface area contributed by atoms with Gasteiger partial charge in [-0.1, -0.05) is 11.6 Å². The average Bonchev–Trinajstić information content (AvgIpc) is 2.91. The molecule has 0 aliphatic rings. The Morgan fingerprint density at radius 1 is 1.38 bits per heavy atom. The van der Waals surface area contributed by atoms with Crippen molar-refractivity contribution in [2.24, 2.45) is 0 Å². The molecule has 1 aromatic carbocycles. The van der Waals surface area contributed by atoms with Crippen molar-refractivity contribution in [2.45, 2.75) is 24.8 Å². The summed E-state index contributed by atoms with van der Waals surface area (Å²) in [5.41, 5.74) is 0.748. The molecule has 0 spiro atoms. The minimum absolute atomic E-state index is 0. The Labute approximate surface area is 140 Å². The van der Waals surface area contributed by atoms with Gasteiger partial charge in [0.25, 0.3) is 0 Å². The maximum atomic E-state index is 12.1. The third kappa shape index (κ3) is 5.10. The largest absolute Gasteiger partial charge is 1.00 e. The maximum Gasteiger partial charge on any atom is 0.241 e. The molecule has 116 valence electrons. The number of aryl methyl sites for hydroxylation is 2. The van der Waals surface area contributed by atoms with Gasteiger partial charge in [-0.25, -0.2) is 17.7 Å². The fourth-order valence-corrected chi connectivity index (χ4v) is 3.07. The zero-order valence-electron chi connectivity index (χ0n) is 11.5. The molecular weight excluding hydrogens is 378 g/mol. The molecule has 0 aliphatic heterocycles. The molecular formula is C13H17BrClN3O2S. The zero-order valence-corrected chi connectivity index (χ0v) is 14.7. The Balaban J connectivity index is 0.00000220. The van der Waals surface area contributed by atoms with Crippen LogP contribution in [0.4, 0.5) is 0 Å². The number of halogens is 2. The number of hydrogen-bond acceptors (Lipinski definition) is 2. The highest BCUT2D eigenvalue weighted by molar-refractivity contribution is 7.89. The van der Waals surface area contributed by atoms with Crippen LogP contribution in [-0.2, 0) is 16.6 Å². The number of imidazole rings is 1. The van der Waals surface area contributed by atoms with E-state index in [9.17, 15) is 8.42 Å². The predicted octanol–water partition coefficient (Wildman–Crippen LogP) is -1.36. The average molecular weight is 395 g/mol. The van der Waals surface area contributed by atoms with Gasteiger partial charge >= 0.3 is 0 Å². The van der Waals surface area contributed by atoms with E-state index in [1.54, 1.807) is 19.1 Å². The number of benzene rings is 1. The van der Waals surface area contributed by atoms with Crippen LogP contribution in [0.2, 0.25) is 5.02 Å². The quantitative estimate of drug-likeness (QED) is 0.469. The summed E-state index contributed by atoms with van der Waals surface area (Å²) in [7, 11) is -3.47. The highest BCUT2D eigenvalue weighted by atomic mass is 79.9. The van der Waals surface area contributed by atoms with Crippen LogP contribution in [0, 0.1) is 6.92 Å². The lowest BCUT2D eigenvalue weighted by Gasteiger charge is -2.07. The van der Waals surface area contributed by atoms with Crippen molar-refractivity contribution in [2.75, 3.05) is 6.54 Å². The number of aromatic nitrogens is 2. The summed E-state index contributed by atoms with van der Waals surface area (Å²) >= 11 is 5.89. The number of sulfonamides is 1. The van der Waals surface area contributed by atoms with Gasteiger partial charge in [0.15, 0.2) is 0 Å². The zero-order chi connectivity index (χ0) is 14.6. The van der Waals surface area contributed by atoms with Crippen LogP contribution in [0.3, 0.4) is 0 Å². The van der Waals surface area contributed by atoms with Crippen molar-refractivity contribution in [3.05, 3.63) is 47.5 Å². The molecule has 0 amide bonds. The van der Waals surface area contributed by atoms with E-state index >= 15 is 0 Å². The monoisotopic (exact) mass is 393 g/mol. The van der Waals surface area contributed by atoms with Gasteiger partial charge in [0.2, 0.25) is 16.4 Å². The minimum Gasteiger partial charge on any atom is -1.00 e. The van der Waals surface area contributed by atoms with Gasteiger partial charge in [0.1, 0.15) is 12.4 Å². The molecule has 2 aromatic rings. The van der Waals surface area contributed by atoms with Crippen LogP contribution in [0.15, 0.2) is 41.8 Å². The number of nitrogens with zero attached hydrogens (tertiary/aromatic N) is 1. The van der Waals surface area contributed by atoms with Crippen LogP contribution in [0.5, 0.6) is 0 Å². The summed E-state index contributed by atoms with van der Waals surface area (Å²) in [4.78, 5) is 3.18. The van der Waals surface area contributed by atoms with Gasteiger partial charge in [0, 0.05) is 11.6 Å². The summed E-state index contributed by atoms with van der Waals surface area (Å²) < 4.78 is 28.7. The molecule has 5 nitrogen and oxygen atoms in total. The minimum atomic E-state index is -3.47. The first-order chi connectivity index (χ1) is 9.49. The van der Waals surface area contributed by atoms with Crippen molar-refractivity contribution < 1.29 is 30.0 Å². The Kier molecular flexibility index (Phi) is 6.86. The Morgan fingerprint density at radius 3 is 2.76 bits per heavy atom. The summed E-state index contributed by atoms with van der Waals surface area (Å²) in [5.74, 6) is 0. The normalized spacial score (nSPS) is 11.1. The molecule has 0 saturated carbocycles. The standard InChI is InChI=1S/C13H16ClN3O2S.BrH/c1-11-9-12(3-4-13(11)14)20(18,19)16-5-2-7-17-8-6-15-10-17;/h3-4,6,8-10,16H,2,5,7H2,1H3;1H. The van der Waals surface area contributed by atoms with E-state index in [1.165, 1.54) is 6.07 Å². The smallest absolute Gasteiger partial charge is 0.241 e. The third-order valence-electron chi connectivity index (χ3n) is 2.93. The van der Waals surface area contributed by atoms with E-state index in [4.69, 9.17) is 11.6 Å². The predicted molar refractivity (Wildman–Crippen MR) is 77.0 cm³/mol. The van der Waals surface area contributed by atoms with E-state index in [0.29, 0.717) is 18.0 Å². The Bertz CT molecular complexity index is 675. The highest BCUT2D eigenvalue weighted by Gasteiger charge is 2.14. The second-order valence-corrected chi connectivity index (χ2v) is 6.69. The number of nitrogens with one attached hydrogen (secondary N) is 2. The molecule has 0 radical (unpaired) electrons. The van der Waals surface area contributed by atoms with Crippen LogP contribution in [-0.4, -0.2) is 19.9 Å². The van der Waals surface area contributed by atoms with Gasteiger partial charge in [-0.3, -0.25) is 4.98 Å². The van der Waals surface area contributed by atoms with Gasteiger partial charge in [-0.15, -0.1) is 0 Å². The van der Waals surface area contributed by atoms with Crippen molar-refractivity contribution in [3.63, 3.8) is 0 Å². The van der Waals surface area contributed by atoms with Gasteiger partial charge in [0.05, 0.1) is 11.4 Å². The van der Waals surface area contributed by atoms with Crippen molar-refractivity contribution in [1.29, 1.82) is 0 Å². The molecule has 2 N–H and O–H groups in total. The summed E-state index contributed by atoms with van der Waals surface area (Å²) in [6.45, 7) is 2.93. The number of hydrogen-bond donors (Lipinski definition) is 2. The van der Waals surface area contributed by atoms with E-state index < -0.39 is 10.0 Å². The van der Waals surface area contributed by atoms with Crippen LogP contribution in [0.25, 0.3) is 0 Å². The number of aromatic amines is 1. The molecule has 2 rings (SSSR count). The van der Waals surface area contributed by atoms with Gasteiger partial charge in [-0.2, -0.15) is 0 Å². The van der Waals surface area contributed by atoms with Crippen LogP contribution < -0.4 is 26.3 Å². The molecule has 21 heavy (non-hydrogen) atoms. The third-order valence-corrected chi connectivity index (χ3v) is 4.81. The second kappa shape index (κ2) is 7.93. The number of H-pyrrole nitrogens is 1. The molecule has 1 aromatic heterocycles. The van der Waals surface area contributed by atoms with Crippen molar-refractivity contribution in [1.82, 2.24) is 9.71 Å². The van der Waals surface area contributed by atoms with E-state index in [1.807, 2.05) is 23.3 Å².